The second-order valence-electron chi connectivity index (χ2n) is 4.99. The second-order valence-corrected chi connectivity index (χ2v) is 5.81. The van der Waals surface area contributed by atoms with Crippen molar-refractivity contribution in [1.82, 2.24) is 0 Å². The van der Waals surface area contributed by atoms with E-state index in [1.807, 2.05) is 0 Å². The summed E-state index contributed by atoms with van der Waals surface area (Å²) < 4.78 is 0. The SMILES string of the molecule is NC1CCCCCC1C(=O)Nc1c(Cl)cccc1Cl. The van der Waals surface area contributed by atoms with Gasteiger partial charge in [0.05, 0.1) is 21.7 Å². The first kappa shape index (κ1) is 14.6. The molecule has 1 saturated carbocycles. The van der Waals surface area contributed by atoms with E-state index in [0.29, 0.717) is 15.7 Å². The molecule has 1 amide bonds. The highest BCUT2D eigenvalue weighted by Crippen LogP contribution is 2.31. The zero-order chi connectivity index (χ0) is 13.8. The van der Waals surface area contributed by atoms with Gasteiger partial charge in [0, 0.05) is 6.04 Å². The topological polar surface area (TPSA) is 55.1 Å². The maximum Gasteiger partial charge on any atom is 0.229 e. The molecule has 0 spiro atoms. The van der Waals surface area contributed by atoms with Gasteiger partial charge in [0.2, 0.25) is 5.91 Å². The van der Waals surface area contributed by atoms with Gasteiger partial charge in [-0.1, -0.05) is 48.5 Å². The quantitative estimate of drug-likeness (QED) is 0.815. The highest BCUT2D eigenvalue weighted by molar-refractivity contribution is 6.39. The maximum absolute atomic E-state index is 12.3. The maximum atomic E-state index is 12.3. The van der Waals surface area contributed by atoms with Crippen molar-refractivity contribution in [2.75, 3.05) is 5.32 Å². The Kier molecular flexibility index (Phi) is 5.08. The average Bonchev–Trinajstić information content (AvgIpc) is 2.58. The standard InChI is InChI=1S/C14H18Cl2N2O/c15-10-6-4-7-11(16)13(10)18-14(19)9-5-2-1-3-8-12(9)17/h4,6-7,9,12H,1-3,5,8,17H2,(H,18,19). The summed E-state index contributed by atoms with van der Waals surface area (Å²) in [6.45, 7) is 0. The predicted molar refractivity (Wildman–Crippen MR) is 79.6 cm³/mol. The van der Waals surface area contributed by atoms with Crippen molar-refractivity contribution in [2.45, 2.75) is 38.1 Å². The molecule has 0 bridgehead atoms. The lowest BCUT2D eigenvalue weighted by atomic mass is 9.94. The number of anilines is 1. The van der Waals surface area contributed by atoms with Gasteiger partial charge in [0.25, 0.3) is 0 Å². The summed E-state index contributed by atoms with van der Waals surface area (Å²) in [5.41, 5.74) is 6.56. The number of hydrogen-bond acceptors (Lipinski definition) is 2. The minimum absolute atomic E-state index is 0.0793. The number of amides is 1. The molecule has 1 aromatic carbocycles. The van der Waals surface area contributed by atoms with Gasteiger partial charge in [-0.3, -0.25) is 4.79 Å². The summed E-state index contributed by atoms with van der Waals surface area (Å²) in [6, 6.07) is 5.08. The van der Waals surface area contributed by atoms with Gasteiger partial charge >= 0.3 is 0 Å². The predicted octanol–water partition coefficient (Wildman–Crippen LogP) is 3.84. The van der Waals surface area contributed by atoms with E-state index in [9.17, 15) is 4.79 Å². The zero-order valence-electron chi connectivity index (χ0n) is 10.7. The highest BCUT2D eigenvalue weighted by atomic mass is 35.5. The number of hydrogen-bond donors (Lipinski definition) is 2. The smallest absolute Gasteiger partial charge is 0.229 e. The van der Waals surface area contributed by atoms with Gasteiger partial charge in [-0.15, -0.1) is 0 Å². The molecule has 5 heteroatoms. The first-order valence-corrected chi connectivity index (χ1v) is 7.35. The molecular formula is C14H18Cl2N2O. The van der Waals surface area contributed by atoms with Gasteiger partial charge in [-0.05, 0) is 25.0 Å². The molecule has 2 atom stereocenters. The zero-order valence-corrected chi connectivity index (χ0v) is 12.2. The molecule has 2 rings (SSSR count). The lowest BCUT2D eigenvalue weighted by Gasteiger charge is -2.21. The molecule has 2 unspecified atom stereocenters. The van der Waals surface area contributed by atoms with E-state index in [2.05, 4.69) is 5.32 Å². The molecule has 3 nitrogen and oxygen atoms in total. The van der Waals surface area contributed by atoms with Crippen LogP contribution in [0.25, 0.3) is 0 Å². The van der Waals surface area contributed by atoms with Crippen LogP contribution in [0, 0.1) is 5.92 Å². The van der Waals surface area contributed by atoms with Crippen molar-refractivity contribution in [3.8, 4) is 0 Å². The Balaban J connectivity index is 2.11. The van der Waals surface area contributed by atoms with Gasteiger partial charge in [-0.25, -0.2) is 0 Å². The highest BCUT2D eigenvalue weighted by Gasteiger charge is 2.27. The molecule has 0 aromatic heterocycles. The summed E-state index contributed by atoms with van der Waals surface area (Å²) in [7, 11) is 0. The van der Waals surface area contributed by atoms with Gasteiger partial charge in [0.15, 0.2) is 0 Å². The molecule has 0 heterocycles. The second kappa shape index (κ2) is 6.60. The third-order valence-corrected chi connectivity index (χ3v) is 4.25. The van der Waals surface area contributed by atoms with E-state index in [1.165, 1.54) is 0 Å². The van der Waals surface area contributed by atoms with Crippen LogP contribution in [0.1, 0.15) is 32.1 Å². The largest absolute Gasteiger partial charge is 0.327 e. The molecule has 3 N–H and O–H groups in total. The Hall–Kier alpha value is -0.770. The van der Waals surface area contributed by atoms with Crippen LogP contribution in [0.5, 0.6) is 0 Å². The molecule has 1 aliphatic rings. The van der Waals surface area contributed by atoms with Gasteiger partial charge in [0.1, 0.15) is 0 Å². The number of carbonyl (C=O) groups is 1. The molecule has 1 aliphatic carbocycles. The number of para-hydroxylation sites is 1. The fourth-order valence-corrected chi connectivity index (χ4v) is 2.99. The molecule has 0 radical (unpaired) electrons. The van der Waals surface area contributed by atoms with Crippen LogP contribution >= 0.6 is 23.2 Å². The van der Waals surface area contributed by atoms with Crippen LogP contribution in [0.3, 0.4) is 0 Å². The fraction of sp³-hybridized carbons (Fsp3) is 0.500. The van der Waals surface area contributed by atoms with Gasteiger partial charge < -0.3 is 11.1 Å². The Morgan fingerprint density at radius 3 is 2.47 bits per heavy atom. The van der Waals surface area contributed by atoms with E-state index < -0.39 is 0 Å². The molecule has 0 aliphatic heterocycles. The molecular weight excluding hydrogens is 283 g/mol. The number of benzene rings is 1. The fourth-order valence-electron chi connectivity index (χ4n) is 2.49. The Morgan fingerprint density at radius 1 is 1.16 bits per heavy atom. The third kappa shape index (κ3) is 3.62. The van der Waals surface area contributed by atoms with Crippen molar-refractivity contribution >= 4 is 34.8 Å². The number of nitrogens with one attached hydrogen (secondary N) is 1. The van der Waals surface area contributed by atoms with E-state index in [0.717, 1.165) is 32.1 Å². The first-order chi connectivity index (χ1) is 9.09. The number of nitrogens with two attached hydrogens (primary N) is 1. The molecule has 0 saturated heterocycles. The third-order valence-electron chi connectivity index (χ3n) is 3.62. The monoisotopic (exact) mass is 300 g/mol. The lowest BCUT2D eigenvalue weighted by Crippen LogP contribution is -2.37. The van der Waals surface area contributed by atoms with Crippen LogP contribution in [-0.2, 0) is 4.79 Å². The number of carbonyl (C=O) groups excluding carboxylic acids is 1. The van der Waals surface area contributed by atoms with E-state index in [1.54, 1.807) is 18.2 Å². The van der Waals surface area contributed by atoms with E-state index in [-0.39, 0.29) is 17.9 Å². The Morgan fingerprint density at radius 2 is 1.79 bits per heavy atom. The van der Waals surface area contributed by atoms with Gasteiger partial charge in [-0.2, -0.15) is 0 Å². The summed E-state index contributed by atoms with van der Waals surface area (Å²) in [6.07, 6.45) is 5.01. The van der Waals surface area contributed by atoms with Crippen molar-refractivity contribution in [3.05, 3.63) is 28.2 Å². The first-order valence-electron chi connectivity index (χ1n) is 6.60. The van der Waals surface area contributed by atoms with E-state index >= 15 is 0 Å². The summed E-state index contributed by atoms with van der Waals surface area (Å²) in [5, 5.41) is 3.72. The van der Waals surface area contributed by atoms with Crippen molar-refractivity contribution in [2.24, 2.45) is 11.7 Å². The van der Waals surface area contributed by atoms with Crippen LogP contribution in [-0.4, -0.2) is 11.9 Å². The number of halogens is 2. The van der Waals surface area contributed by atoms with Crippen molar-refractivity contribution in [1.29, 1.82) is 0 Å². The minimum Gasteiger partial charge on any atom is -0.327 e. The average molecular weight is 301 g/mol. The minimum atomic E-state index is -0.158. The molecule has 1 fully saturated rings. The van der Waals surface area contributed by atoms with Crippen LogP contribution < -0.4 is 11.1 Å². The Labute approximate surface area is 123 Å². The van der Waals surface area contributed by atoms with Crippen molar-refractivity contribution < 1.29 is 4.79 Å². The molecule has 19 heavy (non-hydrogen) atoms. The molecule has 104 valence electrons. The van der Waals surface area contributed by atoms with E-state index in [4.69, 9.17) is 28.9 Å². The summed E-state index contributed by atoms with van der Waals surface area (Å²) >= 11 is 12.1. The number of rotatable bonds is 2. The lowest BCUT2D eigenvalue weighted by molar-refractivity contribution is -0.120. The molecule has 1 aromatic rings. The van der Waals surface area contributed by atoms with Crippen LogP contribution in [0.15, 0.2) is 18.2 Å². The normalized spacial score (nSPS) is 23.7. The summed E-state index contributed by atoms with van der Waals surface area (Å²) in [5.74, 6) is -0.237. The van der Waals surface area contributed by atoms with Crippen LogP contribution in [0.2, 0.25) is 10.0 Å². The Bertz CT molecular complexity index is 445. The summed E-state index contributed by atoms with van der Waals surface area (Å²) in [4.78, 5) is 12.3. The van der Waals surface area contributed by atoms with Crippen molar-refractivity contribution in [3.63, 3.8) is 0 Å². The van der Waals surface area contributed by atoms with Crippen LogP contribution in [0.4, 0.5) is 5.69 Å².